The number of para-hydroxylation sites is 1. The molecule has 16 nitrogen and oxygen atoms in total. The Bertz CT molecular complexity index is 2700. The molecule has 67 heavy (non-hydrogen) atoms. The number of aromatic hydroxyl groups is 1. The number of hydrogen-bond donors (Lipinski definition) is 5. The highest BCUT2D eigenvalue weighted by Crippen LogP contribution is 2.51. The molecule has 0 bridgehead atoms. The van der Waals surface area contributed by atoms with Gasteiger partial charge in [0.15, 0.2) is 5.65 Å². The Kier molecular flexibility index (Phi) is 11.6. The molecule has 2 aromatic carbocycles. The normalized spacial score (nSPS) is 21.3. The lowest BCUT2D eigenvalue weighted by molar-refractivity contribution is -0.142. The number of fused-ring (bicyclic) bond motifs is 3. The Hall–Kier alpha value is -6.57. The van der Waals surface area contributed by atoms with Crippen molar-refractivity contribution >= 4 is 34.8 Å². The maximum absolute atomic E-state index is 14.1. The van der Waals surface area contributed by atoms with Gasteiger partial charge in [0.25, 0.3) is 0 Å². The fourth-order valence-corrected chi connectivity index (χ4v) is 11.0. The van der Waals surface area contributed by atoms with E-state index in [-0.39, 0.29) is 48.5 Å². The standard InChI is InChI=1S/C51H59N11O5/c1-5-31-10-12-32(13-11-31)24-52-46(65)42-20-36(63)27-62(42)47(66)44(50(2,3)4)56-49(67)61-29-51(30-61)22-35(23-51)59-17-14-33(15-18-59)34-25-53-48(54-26-34)60-19-16-40-39(28-60)38-21-41(57-58-45(38)55-40)37-8-6-7-9-43(37)64/h1,6-13,21,25-26,33,35-36,42,44,63-64H,14-20,22-24,27-30H2,2-4H3,(H,52,65)(H,55,58)(H,56,67)/t36-,42+,44-/m1/s1. The van der Waals surface area contributed by atoms with Gasteiger partial charge in [-0.1, -0.05) is 51.0 Å². The Morgan fingerprint density at radius 2 is 1.73 bits per heavy atom. The average molecular weight is 906 g/mol. The van der Waals surface area contributed by atoms with Crippen LogP contribution in [0.5, 0.6) is 5.75 Å². The molecule has 5 N–H and O–H groups in total. The average Bonchev–Trinajstić information content (AvgIpc) is 3.89. The molecule has 3 saturated heterocycles. The summed E-state index contributed by atoms with van der Waals surface area (Å²) in [5.41, 5.74) is 6.58. The fourth-order valence-electron chi connectivity index (χ4n) is 11.0. The molecule has 0 radical (unpaired) electrons. The number of terminal acetylenes is 1. The van der Waals surface area contributed by atoms with E-state index in [2.05, 4.69) is 41.5 Å². The van der Waals surface area contributed by atoms with E-state index < -0.39 is 23.6 Å². The monoisotopic (exact) mass is 905 g/mol. The predicted octanol–water partition coefficient (Wildman–Crippen LogP) is 4.71. The molecule has 4 amide bonds. The molecule has 1 aliphatic carbocycles. The number of carbonyl (C=O) groups is 3. The number of aromatic nitrogens is 5. The quantitative estimate of drug-likeness (QED) is 0.129. The van der Waals surface area contributed by atoms with E-state index in [1.54, 1.807) is 17.0 Å². The number of amides is 4. The van der Waals surface area contributed by atoms with Crippen LogP contribution in [0, 0.1) is 23.2 Å². The van der Waals surface area contributed by atoms with Gasteiger partial charge in [-0.15, -0.1) is 16.6 Å². The first-order valence-corrected chi connectivity index (χ1v) is 23.6. The summed E-state index contributed by atoms with van der Waals surface area (Å²) >= 11 is 0. The van der Waals surface area contributed by atoms with Gasteiger partial charge in [0.05, 0.1) is 11.8 Å². The summed E-state index contributed by atoms with van der Waals surface area (Å²) in [5, 5.41) is 36.8. The van der Waals surface area contributed by atoms with Crippen LogP contribution in [-0.2, 0) is 29.1 Å². The summed E-state index contributed by atoms with van der Waals surface area (Å²) in [7, 11) is 0. The first-order valence-electron chi connectivity index (χ1n) is 23.6. The summed E-state index contributed by atoms with van der Waals surface area (Å²) < 4.78 is 0. The molecule has 0 unspecified atom stereocenters. The minimum atomic E-state index is -0.883. The summed E-state index contributed by atoms with van der Waals surface area (Å²) in [4.78, 5) is 62.5. The van der Waals surface area contributed by atoms with Gasteiger partial charge in [0.1, 0.15) is 17.8 Å². The summed E-state index contributed by atoms with van der Waals surface area (Å²) in [6.45, 7) is 10.8. The van der Waals surface area contributed by atoms with Gasteiger partial charge < -0.3 is 45.4 Å². The lowest BCUT2D eigenvalue weighted by Gasteiger charge is -2.61. The molecule has 1 spiro atoms. The van der Waals surface area contributed by atoms with E-state index in [4.69, 9.17) is 16.4 Å². The summed E-state index contributed by atoms with van der Waals surface area (Å²) in [6.07, 6.45) is 13.8. The van der Waals surface area contributed by atoms with Gasteiger partial charge in [-0.05, 0) is 91.6 Å². The van der Waals surface area contributed by atoms with Crippen molar-refractivity contribution in [1.29, 1.82) is 0 Å². The van der Waals surface area contributed by atoms with Gasteiger partial charge in [-0.2, -0.15) is 0 Å². The van der Waals surface area contributed by atoms with Gasteiger partial charge in [0, 0.05) is 104 Å². The number of aromatic amines is 1. The molecule has 5 aromatic rings. The number of hydrogen-bond acceptors (Lipinski definition) is 11. The van der Waals surface area contributed by atoms with Crippen LogP contribution >= 0.6 is 0 Å². The van der Waals surface area contributed by atoms with Crippen molar-refractivity contribution in [3.05, 3.63) is 94.9 Å². The first kappa shape index (κ1) is 44.3. The van der Waals surface area contributed by atoms with E-state index >= 15 is 0 Å². The minimum absolute atomic E-state index is 0.0246. The third kappa shape index (κ3) is 8.78. The summed E-state index contributed by atoms with van der Waals surface area (Å²) in [5.74, 6) is 3.15. The number of phenolic OH excluding ortho intramolecular Hbond substituents is 1. The maximum atomic E-state index is 14.1. The number of likely N-dealkylation sites (tertiary alicyclic amines) is 3. The smallest absolute Gasteiger partial charge is 0.318 e. The molecule has 4 fully saturated rings. The molecule has 3 aromatic heterocycles. The number of carbonyl (C=O) groups excluding carboxylic acids is 3. The second-order valence-corrected chi connectivity index (χ2v) is 20.5. The number of aliphatic hydroxyl groups is 1. The van der Waals surface area contributed by atoms with Gasteiger partial charge >= 0.3 is 6.03 Å². The third-order valence-electron chi connectivity index (χ3n) is 14.9. The van der Waals surface area contributed by atoms with Crippen molar-refractivity contribution < 1.29 is 24.6 Å². The zero-order valence-corrected chi connectivity index (χ0v) is 38.4. The van der Waals surface area contributed by atoms with Gasteiger partial charge in [0.2, 0.25) is 17.8 Å². The number of nitrogens with one attached hydrogen (secondary N) is 3. The third-order valence-corrected chi connectivity index (χ3v) is 14.9. The van der Waals surface area contributed by atoms with E-state index in [1.807, 2.05) is 75.6 Å². The first-order chi connectivity index (χ1) is 32.2. The van der Waals surface area contributed by atoms with Crippen molar-refractivity contribution in [3.8, 4) is 29.4 Å². The van der Waals surface area contributed by atoms with Gasteiger partial charge in [-0.3, -0.25) is 9.59 Å². The van der Waals surface area contributed by atoms with E-state index in [9.17, 15) is 24.6 Å². The molecule has 10 rings (SSSR count). The van der Waals surface area contributed by atoms with Crippen LogP contribution in [0.25, 0.3) is 22.3 Å². The van der Waals surface area contributed by atoms with E-state index in [0.717, 1.165) is 85.2 Å². The zero-order valence-electron chi connectivity index (χ0n) is 38.4. The predicted molar refractivity (Wildman–Crippen MR) is 252 cm³/mol. The number of urea groups is 1. The molecule has 1 saturated carbocycles. The van der Waals surface area contributed by atoms with Crippen LogP contribution in [0.15, 0.2) is 67.0 Å². The molecule has 348 valence electrons. The number of anilines is 1. The van der Waals surface area contributed by atoms with Crippen molar-refractivity contribution in [1.82, 2.24) is 50.5 Å². The van der Waals surface area contributed by atoms with Crippen LogP contribution in [0.4, 0.5) is 10.7 Å². The minimum Gasteiger partial charge on any atom is -0.507 e. The number of β-amino-alcohol motifs (C(OH)–C–C–N with tert-alkyl or cyclic N) is 1. The highest BCUT2D eigenvalue weighted by Gasteiger charge is 2.56. The highest BCUT2D eigenvalue weighted by molar-refractivity contribution is 5.93. The number of phenols is 1. The summed E-state index contributed by atoms with van der Waals surface area (Å²) in [6, 6.07) is 15.0. The molecule has 16 heteroatoms. The lowest BCUT2D eigenvalue weighted by Crippen LogP contribution is -2.70. The fraction of sp³-hybridized carbons (Fsp3) is 0.471. The van der Waals surface area contributed by atoms with E-state index in [1.165, 1.54) is 10.5 Å². The molecule has 5 aliphatic rings. The number of piperidine rings is 1. The molecule has 3 atom stereocenters. The largest absolute Gasteiger partial charge is 0.507 e. The van der Waals surface area contributed by atoms with Crippen LogP contribution in [-0.4, -0.2) is 131 Å². The Morgan fingerprint density at radius 3 is 2.43 bits per heavy atom. The second kappa shape index (κ2) is 17.6. The SMILES string of the molecule is C#Cc1ccc(CNC(=O)[C@@H]2C[C@@H](O)CN2C(=O)[C@@H](NC(=O)N2CC3(CC(N4CCC(c5cnc(N6CCc7[nH]c8nnc(-c9ccccc9O)cc8c7C6)nc5)CC4)C3)C2)C(C)(C)C)cc1. The van der Waals surface area contributed by atoms with Crippen molar-refractivity contribution in [2.24, 2.45) is 10.8 Å². The van der Waals surface area contributed by atoms with Crippen molar-refractivity contribution in [2.45, 2.75) is 103 Å². The Labute approximate surface area is 390 Å². The van der Waals surface area contributed by atoms with Crippen LogP contribution < -0.4 is 15.5 Å². The Balaban J connectivity index is 0.686. The molecule has 4 aliphatic heterocycles. The highest BCUT2D eigenvalue weighted by atomic mass is 16.3. The molecular formula is C51H59N11O5. The number of aliphatic hydroxyl groups excluding tert-OH is 1. The Morgan fingerprint density at radius 1 is 1.00 bits per heavy atom. The second-order valence-electron chi connectivity index (χ2n) is 20.5. The number of H-pyrrole nitrogens is 1. The molecular weight excluding hydrogens is 847 g/mol. The van der Waals surface area contributed by atoms with Crippen molar-refractivity contribution in [2.75, 3.05) is 44.2 Å². The lowest BCUT2D eigenvalue weighted by atomic mass is 9.60. The van der Waals surface area contributed by atoms with Crippen LogP contribution in [0.2, 0.25) is 0 Å². The topological polar surface area (TPSA) is 196 Å². The number of rotatable bonds is 9. The zero-order chi connectivity index (χ0) is 46.6. The molecule has 7 heterocycles. The van der Waals surface area contributed by atoms with Crippen LogP contribution in [0.3, 0.4) is 0 Å². The van der Waals surface area contributed by atoms with Crippen molar-refractivity contribution in [3.63, 3.8) is 0 Å². The van der Waals surface area contributed by atoms with Crippen LogP contribution in [0.1, 0.15) is 86.7 Å². The number of nitrogens with zero attached hydrogens (tertiary/aromatic N) is 8. The van der Waals surface area contributed by atoms with Gasteiger partial charge in [-0.25, -0.2) is 14.8 Å². The van der Waals surface area contributed by atoms with E-state index in [0.29, 0.717) is 48.8 Å². The number of benzene rings is 2. The maximum Gasteiger partial charge on any atom is 0.318 e.